The monoisotopic (exact) mass is 934 g/mol. The molecule has 0 atom stereocenters. The predicted octanol–water partition coefficient (Wildman–Crippen LogP) is 11.3. The van der Waals surface area contributed by atoms with E-state index in [9.17, 15) is 31.5 Å². The smallest absolute Gasteiger partial charge is 0.335 e. The van der Waals surface area contributed by atoms with Crippen molar-refractivity contribution < 1.29 is 60.7 Å². The van der Waals surface area contributed by atoms with E-state index >= 15 is 0 Å². The molecule has 15 heteroatoms. The van der Waals surface area contributed by atoms with Crippen LogP contribution in [0.4, 0.5) is 0 Å². The molecule has 0 saturated heterocycles. The van der Waals surface area contributed by atoms with E-state index in [2.05, 4.69) is 39.5 Å². The van der Waals surface area contributed by atoms with Gasteiger partial charge >= 0.3 is 11.9 Å². The Balaban J connectivity index is 0.000000397. The van der Waals surface area contributed by atoms with Crippen molar-refractivity contribution in [3.63, 3.8) is 0 Å². The number of ether oxygens (including phenoxy) is 1. The van der Waals surface area contributed by atoms with Gasteiger partial charge in [-0.1, -0.05) is 143 Å². The first-order valence-corrected chi connectivity index (χ1v) is 21.8. The van der Waals surface area contributed by atoms with Gasteiger partial charge in [-0.15, -0.1) is 0 Å². The van der Waals surface area contributed by atoms with Gasteiger partial charge in [-0.05, 0) is 106 Å². The summed E-state index contributed by atoms with van der Waals surface area (Å²) >= 11 is 0. The average molecular weight is 935 g/mol. The molecule has 0 aromatic heterocycles. The van der Waals surface area contributed by atoms with Crippen LogP contribution in [0.1, 0.15) is 54.1 Å². The second-order valence-corrected chi connectivity index (χ2v) is 15.5. The average Bonchev–Trinajstić information content (AvgIpc) is 3.32. The quantitative estimate of drug-likeness (QED) is 0.0664. The minimum Gasteiger partial charge on any atom is -0.508 e. The van der Waals surface area contributed by atoms with Crippen molar-refractivity contribution in [3.8, 4) is 17.2 Å². The maximum absolute atomic E-state index is 10.6. The van der Waals surface area contributed by atoms with Gasteiger partial charge in [-0.2, -0.15) is 16.8 Å². The molecule has 0 spiro atoms. The van der Waals surface area contributed by atoms with E-state index in [1.54, 1.807) is 134 Å². The van der Waals surface area contributed by atoms with Crippen LogP contribution in [0.15, 0.2) is 189 Å². The van der Waals surface area contributed by atoms with Crippen LogP contribution in [0.2, 0.25) is 0 Å². The molecule has 0 saturated carbocycles. The minimum absolute atomic E-state index is 0.104. The van der Waals surface area contributed by atoms with E-state index in [0.29, 0.717) is 28.2 Å². The molecule has 6 aromatic carbocycles. The maximum atomic E-state index is 10.6. The number of aromatic carboxylic acids is 2. The first kappa shape index (κ1) is 55.9. The third-order valence-corrected chi connectivity index (χ3v) is 9.85. The molecule has 0 unspecified atom stereocenters. The fraction of sp³-hybridized carbons (Fsp3) is 0.0196. The topological polar surface area (TPSA) is 233 Å². The van der Waals surface area contributed by atoms with Crippen molar-refractivity contribution >= 4 is 68.6 Å². The summed E-state index contributed by atoms with van der Waals surface area (Å²) in [5.74, 6) is -0.893. The fourth-order valence-corrected chi connectivity index (χ4v) is 5.59. The summed E-state index contributed by atoms with van der Waals surface area (Å²) in [6.07, 6.45) is 9.82. The Morgan fingerprint density at radius 3 is 1.24 bits per heavy atom. The molecule has 6 N–H and O–H groups in total. The molecule has 0 aliphatic carbocycles. The van der Waals surface area contributed by atoms with E-state index < -0.39 is 32.2 Å². The SMILES string of the molecule is C=Cc1ccc(C(=O)O)cc1.C=Cc1ccc(O)c(OC)c1.C=Cc1ccc(O)cc1.C=Cc1ccc(S(=O)(=O)O)cc1.C=Cc1cccc(C(=O)O)c1.C=Cc1cccc(S(=O)(=O)O)c1. The van der Waals surface area contributed by atoms with Gasteiger partial charge in [0.1, 0.15) is 5.75 Å². The standard InChI is InChI=1S/C9H10O2.2C9H8O2.2C8H8O3S.C8H8O/c1-3-7-4-5-8(10)9(6-7)11-2;1-2-7-3-5-8(6-4-7)9(10)11;1-2-7-4-3-5-8(6-7)9(10)11;1-2-7-3-5-8(6-4-7)12(9,10)11;1-2-7-4-3-5-8(6-7)12(9,10)11;1-2-7-3-5-8(9)6-4-7/h3-6,10H,1H2,2H3;2*2-6H,1H2,(H,10,11);2*2-6H,1H2,(H,9,10,11);2-6,9H,1H2. The minimum atomic E-state index is -4.08. The predicted molar refractivity (Wildman–Crippen MR) is 263 cm³/mol. The van der Waals surface area contributed by atoms with Crippen molar-refractivity contribution in [2.24, 2.45) is 0 Å². The Bertz CT molecular complexity index is 2800. The molecular formula is C51H50O13S2. The number of carboxylic acid groups (broad SMARTS) is 2. The Kier molecular flexibility index (Phi) is 24.2. The van der Waals surface area contributed by atoms with Gasteiger partial charge in [0, 0.05) is 0 Å². The number of aromatic hydroxyl groups is 2. The second kappa shape index (κ2) is 28.6. The Morgan fingerprint density at radius 1 is 0.455 bits per heavy atom. The van der Waals surface area contributed by atoms with Gasteiger partial charge < -0.3 is 25.2 Å². The number of carboxylic acids is 2. The zero-order valence-corrected chi connectivity index (χ0v) is 37.5. The molecule has 66 heavy (non-hydrogen) atoms. The number of phenols is 2. The van der Waals surface area contributed by atoms with Crippen LogP contribution in [0.5, 0.6) is 17.2 Å². The van der Waals surface area contributed by atoms with Gasteiger partial charge in [-0.3, -0.25) is 9.11 Å². The summed E-state index contributed by atoms with van der Waals surface area (Å²) in [5, 5.41) is 35.1. The number of methoxy groups -OCH3 is 1. The van der Waals surface area contributed by atoms with E-state index in [4.69, 9.17) is 29.2 Å². The maximum Gasteiger partial charge on any atom is 0.335 e. The number of phenolic OH excluding ortho intramolecular Hbond substituents is 2. The molecule has 0 heterocycles. The van der Waals surface area contributed by atoms with Crippen molar-refractivity contribution in [1.82, 2.24) is 0 Å². The highest BCUT2D eigenvalue weighted by molar-refractivity contribution is 7.86. The molecule has 0 fully saturated rings. The number of rotatable bonds is 11. The molecule has 6 aromatic rings. The van der Waals surface area contributed by atoms with E-state index in [1.807, 2.05) is 12.1 Å². The molecule has 6 rings (SSSR count). The van der Waals surface area contributed by atoms with Crippen LogP contribution in [-0.2, 0) is 20.2 Å². The van der Waals surface area contributed by atoms with Crippen LogP contribution in [0.3, 0.4) is 0 Å². The Hall–Kier alpha value is -8.08. The first-order chi connectivity index (χ1) is 31.1. The summed E-state index contributed by atoms with van der Waals surface area (Å²) in [5.41, 5.74) is 5.76. The van der Waals surface area contributed by atoms with E-state index in [0.717, 1.165) is 27.8 Å². The van der Waals surface area contributed by atoms with Gasteiger partial charge in [0.25, 0.3) is 20.2 Å². The number of hydrogen-bond acceptors (Lipinski definition) is 9. The Morgan fingerprint density at radius 2 is 0.833 bits per heavy atom. The lowest BCUT2D eigenvalue weighted by molar-refractivity contribution is 0.0686. The molecule has 344 valence electrons. The normalized spacial score (nSPS) is 9.80. The van der Waals surface area contributed by atoms with Gasteiger partial charge in [-0.25, -0.2) is 9.59 Å². The summed E-state index contributed by atoms with van der Waals surface area (Å²) in [6.45, 7) is 21.3. The van der Waals surface area contributed by atoms with Crippen LogP contribution >= 0.6 is 0 Å². The van der Waals surface area contributed by atoms with Gasteiger partial charge in [0.05, 0.1) is 28.0 Å². The third kappa shape index (κ3) is 21.3. The van der Waals surface area contributed by atoms with Crippen LogP contribution in [0, 0.1) is 0 Å². The van der Waals surface area contributed by atoms with Crippen LogP contribution in [-0.4, -0.2) is 65.4 Å². The molecule has 0 aliphatic rings. The van der Waals surface area contributed by atoms with E-state index in [1.165, 1.54) is 37.5 Å². The zero-order valence-electron chi connectivity index (χ0n) is 35.8. The Labute approximate surface area is 385 Å². The van der Waals surface area contributed by atoms with Gasteiger partial charge in [0.2, 0.25) is 0 Å². The van der Waals surface area contributed by atoms with Crippen LogP contribution in [0.25, 0.3) is 36.5 Å². The molecule has 0 bridgehead atoms. The molecule has 13 nitrogen and oxygen atoms in total. The zero-order chi connectivity index (χ0) is 49.9. The van der Waals surface area contributed by atoms with Crippen molar-refractivity contribution in [2.45, 2.75) is 9.79 Å². The first-order valence-electron chi connectivity index (χ1n) is 18.9. The molecule has 0 aliphatic heterocycles. The van der Waals surface area contributed by atoms with Gasteiger partial charge in [0.15, 0.2) is 11.5 Å². The fourth-order valence-electron chi connectivity index (χ4n) is 4.57. The lowest BCUT2D eigenvalue weighted by atomic mass is 10.1. The summed E-state index contributed by atoms with van der Waals surface area (Å²) in [7, 11) is -6.63. The lowest BCUT2D eigenvalue weighted by Gasteiger charge is -2.02. The van der Waals surface area contributed by atoms with E-state index in [-0.39, 0.29) is 15.5 Å². The molecular weight excluding hydrogens is 885 g/mol. The lowest BCUT2D eigenvalue weighted by Crippen LogP contribution is -1.97. The highest BCUT2D eigenvalue weighted by Gasteiger charge is 2.09. The van der Waals surface area contributed by atoms with Crippen molar-refractivity contribution in [3.05, 3.63) is 224 Å². The molecule has 0 amide bonds. The molecule has 0 radical (unpaired) electrons. The summed E-state index contributed by atoms with van der Waals surface area (Å²) in [4.78, 5) is 20.6. The van der Waals surface area contributed by atoms with Crippen molar-refractivity contribution in [2.75, 3.05) is 7.11 Å². The van der Waals surface area contributed by atoms with Crippen LogP contribution < -0.4 is 4.74 Å². The van der Waals surface area contributed by atoms with Crippen molar-refractivity contribution in [1.29, 1.82) is 0 Å². The summed E-state index contributed by atoms with van der Waals surface area (Å²) in [6, 6.07) is 36.8. The highest BCUT2D eigenvalue weighted by atomic mass is 32.2. The number of carbonyl (C=O) groups is 2. The largest absolute Gasteiger partial charge is 0.508 e. The summed E-state index contributed by atoms with van der Waals surface area (Å²) < 4.78 is 64.5. The third-order valence-electron chi connectivity index (χ3n) is 8.14. The number of benzene rings is 6. The number of hydrogen-bond donors (Lipinski definition) is 6. The second-order valence-electron chi connectivity index (χ2n) is 12.7. The highest BCUT2D eigenvalue weighted by Crippen LogP contribution is 2.26.